The third-order valence-corrected chi connectivity index (χ3v) is 2.91. The largest absolute Gasteiger partial charge is 0.378 e. The number of amides is 1. The molecule has 1 saturated heterocycles. The number of nitro groups is 1. The van der Waals surface area contributed by atoms with Gasteiger partial charge in [-0.1, -0.05) is 0 Å². The number of nitrogens with one attached hydrogen (secondary N) is 2. The highest BCUT2D eigenvalue weighted by Crippen LogP contribution is 2.19. The Hall–Kier alpha value is -2.06. The Bertz CT molecular complexity index is 517. The van der Waals surface area contributed by atoms with E-state index >= 15 is 0 Å². The van der Waals surface area contributed by atoms with Crippen LogP contribution in [0.25, 0.3) is 0 Å². The van der Waals surface area contributed by atoms with E-state index in [2.05, 4.69) is 10.6 Å². The van der Waals surface area contributed by atoms with E-state index in [-0.39, 0.29) is 18.2 Å². The van der Waals surface area contributed by atoms with Crippen molar-refractivity contribution < 1.29 is 18.8 Å². The van der Waals surface area contributed by atoms with Crippen LogP contribution in [-0.2, 0) is 4.74 Å². The molecule has 0 radical (unpaired) electrons. The molecule has 0 saturated carbocycles. The molecule has 0 bridgehead atoms. The van der Waals surface area contributed by atoms with Gasteiger partial charge in [-0.15, -0.1) is 0 Å². The van der Waals surface area contributed by atoms with Gasteiger partial charge in [-0.05, 0) is 12.1 Å². The van der Waals surface area contributed by atoms with Crippen molar-refractivity contribution in [3.8, 4) is 0 Å². The number of carbonyl (C=O) groups excluding carboxylic acids is 1. The van der Waals surface area contributed by atoms with Gasteiger partial charge in [0.2, 0.25) is 0 Å². The number of morpholine rings is 1. The molecule has 2 rings (SSSR count). The fourth-order valence-electron chi connectivity index (χ4n) is 1.91. The number of carbonyl (C=O) groups is 1. The Morgan fingerprint density at radius 1 is 1.60 bits per heavy atom. The van der Waals surface area contributed by atoms with E-state index in [4.69, 9.17) is 4.74 Å². The maximum atomic E-state index is 13.1. The van der Waals surface area contributed by atoms with E-state index in [1.54, 1.807) is 0 Å². The van der Waals surface area contributed by atoms with E-state index in [1.807, 2.05) is 0 Å². The van der Waals surface area contributed by atoms with Gasteiger partial charge in [-0.3, -0.25) is 14.9 Å². The minimum atomic E-state index is -0.712. The molecule has 7 nitrogen and oxygen atoms in total. The Labute approximate surface area is 114 Å². The maximum absolute atomic E-state index is 13.1. The van der Waals surface area contributed by atoms with E-state index < -0.39 is 22.3 Å². The Kier molecular flexibility index (Phi) is 4.59. The van der Waals surface area contributed by atoms with Gasteiger partial charge in [0.05, 0.1) is 18.1 Å². The van der Waals surface area contributed by atoms with Crippen LogP contribution in [0.3, 0.4) is 0 Å². The molecule has 1 aliphatic heterocycles. The summed E-state index contributed by atoms with van der Waals surface area (Å²) in [6.07, 6.45) is 0. The number of benzene rings is 1. The second-order valence-corrected chi connectivity index (χ2v) is 4.35. The zero-order valence-corrected chi connectivity index (χ0v) is 10.6. The average Bonchev–Trinajstić information content (AvgIpc) is 2.45. The number of nitro benzene ring substituents is 1. The first-order valence-corrected chi connectivity index (χ1v) is 6.11. The Balaban J connectivity index is 2.04. The lowest BCUT2D eigenvalue weighted by Gasteiger charge is -2.23. The molecule has 108 valence electrons. The molecule has 1 heterocycles. The highest BCUT2D eigenvalue weighted by molar-refractivity contribution is 5.98. The van der Waals surface area contributed by atoms with Crippen molar-refractivity contribution in [3.05, 3.63) is 39.7 Å². The fraction of sp³-hybridized carbons (Fsp3) is 0.417. The van der Waals surface area contributed by atoms with Crippen LogP contribution in [0.4, 0.5) is 10.1 Å². The van der Waals surface area contributed by atoms with Crippen molar-refractivity contribution in [2.45, 2.75) is 6.04 Å². The van der Waals surface area contributed by atoms with Crippen LogP contribution in [0.15, 0.2) is 18.2 Å². The van der Waals surface area contributed by atoms with Gasteiger partial charge in [0.1, 0.15) is 11.4 Å². The van der Waals surface area contributed by atoms with Crippen LogP contribution < -0.4 is 10.6 Å². The SMILES string of the molecule is O=C(NCC1COCCN1)c1cc(F)ccc1[N+](=O)[O-]. The zero-order valence-electron chi connectivity index (χ0n) is 10.6. The van der Waals surface area contributed by atoms with Gasteiger partial charge >= 0.3 is 0 Å². The molecule has 2 N–H and O–H groups in total. The molecule has 1 amide bonds. The van der Waals surface area contributed by atoms with E-state index in [9.17, 15) is 19.3 Å². The number of nitrogens with zero attached hydrogens (tertiary/aromatic N) is 1. The summed E-state index contributed by atoms with van der Waals surface area (Å²) in [7, 11) is 0. The Morgan fingerprint density at radius 2 is 2.40 bits per heavy atom. The van der Waals surface area contributed by atoms with Crippen LogP contribution in [0.2, 0.25) is 0 Å². The van der Waals surface area contributed by atoms with Crippen LogP contribution in [0, 0.1) is 15.9 Å². The molecule has 1 atom stereocenters. The molecule has 0 aliphatic carbocycles. The molecule has 20 heavy (non-hydrogen) atoms. The van der Waals surface area contributed by atoms with E-state index in [0.29, 0.717) is 19.8 Å². The van der Waals surface area contributed by atoms with Crippen molar-refractivity contribution in [1.29, 1.82) is 0 Å². The first-order chi connectivity index (χ1) is 9.58. The average molecular weight is 283 g/mol. The summed E-state index contributed by atoms with van der Waals surface area (Å²) in [5, 5.41) is 16.5. The molecule has 0 spiro atoms. The van der Waals surface area contributed by atoms with Crippen molar-refractivity contribution in [1.82, 2.24) is 10.6 Å². The number of hydrogen-bond donors (Lipinski definition) is 2. The lowest BCUT2D eigenvalue weighted by atomic mass is 10.1. The predicted octanol–water partition coefficient (Wildman–Crippen LogP) is 0.452. The predicted molar refractivity (Wildman–Crippen MR) is 68.0 cm³/mol. The third-order valence-electron chi connectivity index (χ3n) is 2.91. The van der Waals surface area contributed by atoms with Gasteiger partial charge in [-0.25, -0.2) is 4.39 Å². The van der Waals surface area contributed by atoms with Crippen molar-refractivity contribution in [3.63, 3.8) is 0 Å². The quantitative estimate of drug-likeness (QED) is 0.618. The number of rotatable bonds is 4. The number of halogens is 1. The van der Waals surface area contributed by atoms with Crippen molar-refractivity contribution >= 4 is 11.6 Å². The minimum absolute atomic E-state index is 0.0553. The molecule has 1 aliphatic rings. The zero-order chi connectivity index (χ0) is 14.5. The monoisotopic (exact) mass is 283 g/mol. The van der Waals surface area contributed by atoms with Gasteiger partial charge in [0, 0.05) is 25.2 Å². The first-order valence-electron chi connectivity index (χ1n) is 6.11. The standard InChI is InChI=1S/C12H14FN3O4/c13-8-1-2-11(16(18)19)10(5-8)12(17)15-6-9-7-20-4-3-14-9/h1-2,5,9,14H,3-4,6-7H2,(H,15,17). The number of hydrogen-bond acceptors (Lipinski definition) is 5. The molecular formula is C12H14FN3O4. The molecule has 8 heteroatoms. The second kappa shape index (κ2) is 6.40. The molecule has 1 unspecified atom stereocenters. The highest BCUT2D eigenvalue weighted by Gasteiger charge is 2.22. The fourth-order valence-corrected chi connectivity index (χ4v) is 1.91. The topological polar surface area (TPSA) is 93.5 Å². The maximum Gasteiger partial charge on any atom is 0.282 e. The molecule has 1 aromatic carbocycles. The summed E-state index contributed by atoms with van der Waals surface area (Å²) in [6.45, 7) is 2.00. The molecule has 1 fully saturated rings. The summed E-state index contributed by atoms with van der Waals surface area (Å²) < 4.78 is 18.4. The van der Waals surface area contributed by atoms with E-state index in [0.717, 1.165) is 18.2 Å². The summed E-state index contributed by atoms with van der Waals surface area (Å²) in [5.41, 5.74) is -0.705. The van der Waals surface area contributed by atoms with Gasteiger partial charge in [0.25, 0.3) is 11.6 Å². The molecular weight excluding hydrogens is 269 g/mol. The smallest absolute Gasteiger partial charge is 0.282 e. The van der Waals surface area contributed by atoms with Crippen LogP contribution in [0.5, 0.6) is 0 Å². The normalized spacial score (nSPS) is 18.6. The van der Waals surface area contributed by atoms with Gasteiger partial charge in [0.15, 0.2) is 0 Å². The van der Waals surface area contributed by atoms with Crippen LogP contribution in [-0.4, -0.2) is 43.2 Å². The molecule has 0 aromatic heterocycles. The molecule has 1 aromatic rings. The van der Waals surface area contributed by atoms with Crippen molar-refractivity contribution in [2.24, 2.45) is 0 Å². The minimum Gasteiger partial charge on any atom is -0.378 e. The summed E-state index contributed by atoms with van der Waals surface area (Å²) in [4.78, 5) is 22.0. The third kappa shape index (κ3) is 3.49. The lowest BCUT2D eigenvalue weighted by molar-refractivity contribution is -0.385. The summed E-state index contributed by atoms with van der Waals surface area (Å²) >= 11 is 0. The number of ether oxygens (including phenoxy) is 1. The summed E-state index contributed by atoms with van der Waals surface area (Å²) in [5.74, 6) is -1.37. The van der Waals surface area contributed by atoms with Gasteiger partial charge in [-0.2, -0.15) is 0 Å². The van der Waals surface area contributed by atoms with Gasteiger partial charge < -0.3 is 15.4 Å². The first kappa shape index (κ1) is 14.4. The van der Waals surface area contributed by atoms with Crippen molar-refractivity contribution in [2.75, 3.05) is 26.3 Å². The Morgan fingerprint density at radius 3 is 3.05 bits per heavy atom. The lowest BCUT2D eigenvalue weighted by Crippen LogP contribution is -2.48. The highest BCUT2D eigenvalue weighted by atomic mass is 19.1. The van der Waals surface area contributed by atoms with Crippen LogP contribution in [0.1, 0.15) is 10.4 Å². The second-order valence-electron chi connectivity index (χ2n) is 4.35. The van der Waals surface area contributed by atoms with Crippen LogP contribution >= 0.6 is 0 Å². The van der Waals surface area contributed by atoms with E-state index in [1.165, 1.54) is 0 Å². The summed E-state index contributed by atoms with van der Waals surface area (Å²) in [6, 6.07) is 2.73.